The molecule has 3 N–H and O–H groups in total. The molecule has 0 radical (unpaired) electrons. The molecular formula is C43H50ClN2O12-. The van der Waals surface area contributed by atoms with Crippen molar-refractivity contribution in [3.63, 3.8) is 0 Å². The van der Waals surface area contributed by atoms with Crippen LogP contribution < -0.4 is 51.9 Å². The van der Waals surface area contributed by atoms with Gasteiger partial charge < -0.3 is 56.6 Å². The molecule has 0 bridgehead atoms. The lowest BCUT2D eigenvalue weighted by Crippen LogP contribution is -3.00. The van der Waals surface area contributed by atoms with Crippen LogP contribution in [0.4, 0.5) is 4.79 Å². The summed E-state index contributed by atoms with van der Waals surface area (Å²) in [5.74, 6) is -0.371. The Bertz CT molecular complexity index is 2240. The van der Waals surface area contributed by atoms with Gasteiger partial charge in [-0.05, 0) is 74.1 Å². The van der Waals surface area contributed by atoms with Crippen molar-refractivity contribution in [1.29, 1.82) is 0 Å². The molecule has 2 heterocycles. The number of rotatable bonds is 7. The van der Waals surface area contributed by atoms with E-state index in [1.54, 1.807) is 39.0 Å². The first-order valence-corrected chi connectivity index (χ1v) is 18.7. The SMILES string of the molecule is CC(=O)Oc1c2c(c3ccccc3c1OC(=O)CN)OC(C)(C)CC2.CC(=O)Oc1c2c(c3ccccc3c1OC(=O)CNC(=O)OC(C)(C)C)OC(C)(C)CC2.[Cl-]. The van der Waals surface area contributed by atoms with Gasteiger partial charge >= 0.3 is 30.0 Å². The number of nitrogens with one attached hydrogen (secondary N) is 1. The molecule has 4 aromatic rings. The lowest BCUT2D eigenvalue weighted by molar-refractivity contribution is -0.135. The van der Waals surface area contributed by atoms with Gasteiger partial charge in [0.05, 0.1) is 6.54 Å². The number of benzene rings is 4. The minimum atomic E-state index is -0.736. The number of hydrogen-bond donors (Lipinski definition) is 2. The highest BCUT2D eigenvalue weighted by Gasteiger charge is 2.35. The number of hydrogen-bond acceptors (Lipinski definition) is 13. The van der Waals surface area contributed by atoms with Crippen LogP contribution in [-0.2, 0) is 36.8 Å². The number of nitrogens with two attached hydrogens (primary N) is 1. The first kappa shape index (κ1) is 45.1. The molecule has 0 saturated carbocycles. The molecule has 1 amide bonds. The van der Waals surface area contributed by atoms with Gasteiger partial charge in [0.15, 0.2) is 23.0 Å². The van der Waals surface area contributed by atoms with Gasteiger partial charge in [0.1, 0.15) is 34.8 Å². The molecule has 15 heteroatoms. The fraction of sp³-hybridized carbons (Fsp3) is 0.419. The number of carbonyl (C=O) groups excluding carboxylic acids is 5. The molecule has 0 saturated heterocycles. The summed E-state index contributed by atoms with van der Waals surface area (Å²) < 4.78 is 39.5. The maximum atomic E-state index is 12.6. The highest BCUT2D eigenvalue weighted by molar-refractivity contribution is 6.01. The van der Waals surface area contributed by atoms with Crippen molar-refractivity contribution in [2.75, 3.05) is 13.1 Å². The van der Waals surface area contributed by atoms with Crippen LogP contribution in [0, 0.1) is 0 Å². The molecular weight excluding hydrogens is 772 g/mol. The number of fused-ring (bicyclic) bond motifs is 6. The molecule has 14 nitrogen and oxygen atoms in total. The Kier molecular flexibility index (Phi) is 13.9. The molecule has 0 atom stereocenters. The minimum absolute atomic E-state index is 0. The second kappa shape index (κ2) is 17.9. The number of halogens is 1. The van der Waals surface area contributed by atoms with Crippen molar-refractivity contribution >= 4 is 51.5 Å². The lowest BCUT2D eigenvalue weighted by Gasteiger charge is -2.34. The van der Waals surface area contributed by atoms with E-state index >= 15 is 0 Å². The molecule has 0 aliphatic carbocycles. The Morgan fingerprint density at radius 3 is 1.43 bits per heavy atom. The standard InChI is InChI=1S/C24H29NO7.C19H21NO5.ClH/c1-14(26)29-21-17-11-12-24(5,6)31-19(17)15-9-7-8-10-16(15)20(21)30-18(27)13-25-22(28)32-23(2,3)4;1-11(21)23-18-14-8-9-19(2,3)25-16(14)12-6-4-5-7-13(12)17(18)24-15(22)10-20;/h7-10H,11-13H2,1-6H3,(H,25,28);4-7H,8-10,20H2,1-3H3;1H/p-1. The average molecular weight is 822 g/mol. The van der Waals surface area contributed by atoms with Gasteiger partial charge in [0.25, 0.3) is 0 Å². The normalized spacial score (nSPS) is 14.7. The number of alkyl carbamates (subject to hydrolysis) is 1. The Morgan fingerprint density at radius 2 is 1.05 bits per heavy atom. The van der Waals surface area contributed by atoms with Crippen molar-refractivity contribution < 1.29 is 69.5 Å². The highest BCUT2D eigenvalue weighted by Crippen LogP contribution is 2.51. The molecule has 6 rings (SSSR count). The number of carbonyl (C=O) groups is 5. The summed E-state index contributed by atoms with van der Waals surface area (Å²) in [7, 11) is 0. The number of esters is 4. The maximum absolute atomic E-state index is 12.6. The Balaban J connectivity index is 0.000000259. The van der Waals surface area contributed by atoms with Crippen LogP contribution in [0.1, 0.15) is 86.3 Å². The zero-order valence-corrected chi connectivity index (χ0v) is 35.0. The van der Waals surface area contributed by atoms with E-state index in [-0.39, 0.29) is 47.6 Å². The largest absolute Gasteiger partial charge is 1.00 e. The van der Waals surface area contributed by atoms with Crippen molar-refractivity contribution in [3.05, 3.63) is 59.7 Å². The smallest absolute Gasteiger partial charge is 0.408 e. The van der Waals surface area contributed by atoms with Crippen molar-refractivity contribution in [1.82, 2.24) is 5.32 Å². The average Bonchev–Trinajstić information content (AvgIpc) is 3.12. The molecule has 4 aromatic carbocycles. The van der Waals surface area contributed by atoms with Crippen molar-refractivity contribution in [2.45, 2.75) is 105 Å². The molecule has 312 valence electrons. The number of ether oxygens (including phenoxy) is 7. The predicted molar refractivity (Wildman–Crippen MR) is 211 cm³/mol. The fourth-order valence-electron chi connectivity index (χ4n) is 6.47. The zero-order valence-electron chi connectivity index (χ0n) is 34.2. The van der Waals surface area contributed by atoms with E-state index in [4.69, 9.17) is 38.9 Å². The van der Waals surface area contributed by atoms with Crippen molar-refractivity contribution in [2.24, 2.45) is 5.73 Å². The van der Waals surface area contributed by atoms with E-state index in [1.165, 1.54) is 13.8 Å². The van der Waals surface area contributed by atoms with Gasteiger partial charge in [-0.3, -0.25) is 14.4 Å². The van der Waals surface area contributed by atoms with Gasteiger partial charge in [-0.15, -0.1) is 0 Å². The van der Waals surface area contributed by atoms with Gasteiger partial charge in [-0.1, -0.05) is 48.5 Å². The lowest BCUT2D eigenvalue weighted by atomic mass is 9.91. The summed E-state index contributed by atoms with van der Waals surface area (Å²) >= 11 is 0. The Hall–Kier alpha value is -5.60. The van der Waals surface area contributed by atoms with Crippen LogP contribution in [0.5, 0.6) is 34.5 Å². The Morgan fingerprint density at radius 1 is 0.655 bits per heavy atom. The highest BCUT2D eigenvalue weighted by atomic mass is 35.5. The summed E-state index contributed by atoms with van der Waals surface area (Å²) in [6.45, 7) is 15.1. The minimum Gasteiger partial charge on any atom is -1.00 e. The summed E-state index contributed by atoms with van der Waals surface area (Å²) in [6, 6.07) is 14.7. The monoisotopic (exact) mass is 821 g/mol. The molecule has 2 aliphatic heterocycles. The van der Waals surface area contributed by atoms with Crippen LogP contribution in [0.3, 0.4) is 0 Å². The third-order valence-corrected chi connectivity index (χ3v) is 8.92. The third kappa shape index (κ3) is 10.9. The van der Waals surface area contributed by atoms with Crippen LogP contribution in [-0.4, -0.2) is 59.9 Å². The second-order valence-electron chi connectivity index (χ2n) is 15.9. The molecule has 0 fully saturated rings. The van der Waals surface area contributed by atoms with Crippen LogP contribution in [0.2, 0.25) is 0 Å². The van der Waals surface area contributed by atoms with E-state index < -0.39 is 47.7 Å². The summed E-state index contributed by atoms with van der Waals surface area (Å²) in [5, 5.41) is 5.12. The zero-order chi connectivity index (χ0) is 41.9. The summed E-state index contributed by atoms with van der Waals surface area (Å²) in [5.41, 5.74) is 5.36. The van der Waals surface area contributed by atoms with Gasteiger partial charge in [0.2, 0.25) is 0 Å². The molecule has 58 heavy (non-hydrogen) atoms. The summed E-state index contributed by atoms with van der Waals surface area (Å²) in [6.07, 6.45) is 1.93. The first-order chi connectivity index (χ1) is 26.7. The third-order valence-electron chi connectivity index (χ3n) is 8.92. The van der Waals surface area contributed by atoms with E-state index in [1.807, 2.05) is 58.0 Å². The second-order valence-corrected chi connectivity index (χ2v) is 15.9. The number of amides is 1. The summed E-state index contributed by atoms with van der Waals surface area (Å²) in [4.78, 5) is 59.8. The van der Waals surface area contributed by atoms with E-state index in [2.05, 4.69) is 5.32 Å². The van der Waals surface area contributed by atoms with E-state index in [0.717, 1.165) is 22.8 Å². The van der Waals surface area contributed by atoms with Crippen LogP contribution >= 0.6 is 0 Å². The first-order valence-electron chi connectivity index (χ1n) is 18.7. The van der Waals surface area contributed by atoms with Gasteiger partial charge in [-0.25, -0.2) is 9.59 Å². The van der Waals surface area contributed by atoms with Gasteiger partial charge in [-0.2, -0.15) is 0 Å². The van der Waals surface area contributed by atoms with E-state index in [9.17, 15) is 24.0 Å². The Labute approximate surface area is 343 Å². The maximum Gasteiger partial charge on any atom is 0.408 e. The quantitative estimate of drug-likeness (QED) is 0.201. The molecule has 0 spiro atoms. The topological polar surface area (TPSA) is 188 Å². The van der Waals surface area contributed by atoms with Crippen LogP contribution in [0.25, 0.3) is 21.5 Å². The van der Waals surface area contributed by atoms with E-state index in [0.29, 0.717) is 47.1 Å². The molecule has 0 aromatic heterocycles. The van der Waals surface area contributed by atoms with Crippen LogP contribution in [0.15, 0.2) is 48.5 Å². The fourth-order valence-corrected chi connectivity index (χ4v) is 6.47. The molecule has 2 aliphatic rings. The van der Waals surface area contributed by atoms with Gasteiger partial charge in [0, 0.05) is 46.5 Å². The van der Waals surface area contributed by atoms with Crippen molar-refractivity contribution in [3.8, 4) is 34.5 Å². The predicted octanol–water partition coefficient (Wildman–Crippen LogP) is 4.04. The molecule has 0 unspecified atom stereocenters.